The monoisotopic (exact) mass is 367 g/mol. The normalized spacial score (nSPS) is 16.9. The minimum Gasteiger partial charge on any atom is -0.465 e. The lowest BCUT2D eigenvalue weighted by molar-refractivity contribution is 0.0269. The van der Waals surface area contributed by atoms with Gasteiger partial charge >= 0.3 is 5.97 Å². The number of likely N-dealkylation sites (tertiary alicyclic amines) is 1. The second-order valence-corrected chi connectivity index (χ2v) is 6.85. The molecule has 1 atom stereocenters. The van der Waals surface area contributed by atoms with Crippen molar-refractivity contribution in [3.8, 4) is 11.1 Å². The molecular weight excluding hydrogens is 342 g/mol. The summed E-state index contributed by atoms with van der Waals surface area (Å²) in [7, 11) is 3.07. The Labute approximate surface area is 159 Å². The van der Waals surface area contributed by atoms with Gasteiger partial charge in [-0.25, -0.2) is 4.79 Å². The molecule has 27 heavy (non-hydrogen) atoms. The van der Waals surface area contributed by atoms with E-state index in [4.69, 9.17) is 9.47 Å². The second kappa shape index (κ2) is 8.35. The Morgan fingerprint density at radius 2 is 1.74 bits per heavy atom. The topological polar surface area (TPSA) is 55.8 Å². The van der Waals surface area contributed by atoms with Crippen LogP contribution in [0.3, 0.4) is 0 Å². The summed E-state index contributed by atoms with van der Waals surface area (Å²) in [4.78, 5) is 26.3. The van der Waals surface area contributed by atoms with Crippen LogP contribution in [-0.2, 0) is 9.47 Å². The maximum absolute atomic E-state index is 12.7. The van der Waals surface area contributed by atoms with Gasteiger partial charge in [-0.15, -0.1) is 0 Å². The fourth-order valence-electron chi connectivity index (χ4n) is 3.52. The first kappa shape index (κ1) is 19.1. The number of nitrogens with zero attached hydrogens (tertiary/aromatic N) is 1. The van der Waals surface area contributed by atoms with Crippen LogP contribution in [0.25, 0.3) is 11.1 Å². The summed E-state index contributed by atoms with van der Waals surface area (Å²) in [5.74, 6) is -0.303. The third-order valence-electron chi connectivity index (χ3n) is 5.09. The minimum atomic E-state index is -0.346. The van der Waals surface area contributed by atoms with Gasteiger partial charge in [-0.3, -0.25) is 4.79 Å². The fraction of sp³-hybridized carbons (Fsp3) is 0.364. The predicted molar refractivity (Wildman–Crippen MR) is 104 cm³/mol. The van der Waals surface area contributed by atoms with Gasteiger partial charge in [-0.1, -0.05) is 18.2 Å². The van der Waals surface area contributed by atoms with Crippen LogP contribution in [0.1, 0.15) is 39.1 Å². The molecule has 0 bridgehead atoms. The maximum atomic E-state index is 12.7. The number of hydrogen-bond donors (Lipinski definition) is 0. The number of rotatable bonds is 4. The van der Waals surface area contributed by atoms with E-state index in [2.05, 4.69) is 0 Å². The van der Waals surface area contributed by atoms with E-state index in [0.717, 1.165) is 36.1 Å². The first-order valence-corrected chi connectivity index (χ1v) is 9.15. The van der Waals surface area contributed by atoms with E-state index in [1.54, 1.807) is 13.2 Å². The number of piperidine rings is 1. The van der Waals surface area contributed by atoms with E-state index >= 15 is 0 Å². The predicted octanol–water partition coefficient (Wildman–Crippen LogP) is 3.70. The van der Waals surface area contributed by atoms with Crippen LogP contribution in [-0.4, -0.2) is 50.2 Å². The Morgan fingerprint density at radius 1 is 1.04 bits per heavy atom. The van der Waals surface area contributed by atoms with E-state index in [-0.39, 0.29) is 18.0 Å². The van der Waals surface area contributed by atoms with E-state index < -0.39 is 0 Å². The minimum absolute atomic E-state index is 0.0426. The molecule has 0 saturated carbocycles. The molecular formula is C22H25NO4. The number of aryl methyl sites for hydroxylation is 1. The quantitative estimate of drug-likeness (QED) is 0.773. The van der Waals surface area contributed by atoms with Gasteiger partial charge in [0.25, 0.3) is 5.91 Å². The lowest BCUT2D eigenvalue weighted by Gasteiger charge is -2.32. The molecule has 3 rings (SSSR count). The van der Waals surface area contributed by atoms with Crippen molar-refractivity contribution < 1.29 is 19.1 Å². The van der Waals surface area contributed by atoms with Crippen LogP contribution >= 0.6 is 0 Å². The van der Waals surface area contributed by atoms with Gasteiger partial charge in [0.2, 0.25) is 0 Å². The van der Waals surface area contributed by atoms with Crippen LogP contribution in [0.15, 0.2) is 42.5 Å². The molecule has 0 aliphatic carbocycles. The summed E-state index contributed by atoms with van der Waals surface area (Å²) in [5.41, 5.74) is 4.23. The molecule has 2 aromatic rings. The highest BCUT2D eigenvalue weighted by atomic mass is 16.5. The van der Waals surface area contributed by atoms with Gasteiger partial charge in [0.15, 0.2) is 0 Å². The van der Waals surface area contributed by atoms with Gasteiger partial charge in [0.1, 0.15) is 0 Å². The molecule has 1 unspecified atom stereocenters. The van der Waals surface area contributed by atoms with E-state index in [1.807, 2.05) is 48.2 Å². The molecule has 0 N–H and O–H groups in total. The van der Waals surface area contributed by atoms with Crippen molar-refractivity contribution in [2.45, 2.75) is 25.9 Å². The highest BCUT2D eigenvalue weighted by molar-refractivity contribution is 5.95. The van der Waals surface area contributed by atoms with E-state index in [9.17, 15) is 9.59 Å². The average Bonchev–Trinajstić information content (AvgIpc) is 2.72. The van der Waals surface area contributed by atoms with Crippen molar-refractivity contribution in [2.24, 2.45) is 0 Å². The first-order chi connectivity index (χ1) is 13.0. The smallest absolute Gasteiger partial charge is 0.337 e. The highest BCUT2D eigenvalue weighted by Crippen LogP contribution is 2.25. The number of benzene rings is 2. The standard InChI is InChI=1S/C22H25NO4/c1-15-13-18(22(25)27-3)10-11-20(15)16-6-8-17(9-7-16)21(24)23-12-4-5-19(14-23)26-2/h6-11,13,19H,4-5,12,14H2,1-3H3. The molecule has 5 nitrogen and oxygen atoms in total. The van der Waals surface area contributed by atoms with Gasteiger partial charge in [0, 0.05) is 25.8 Å². The Kier molecular flexibility index (Phi) is 5.91. The van der Waals surface area contributed by atoms with Crippen LogP contribution in [0.4, 0.5) is 0 Å². The van der Waals surface area contributed by atoms with E-state index in [0.29, 0.717) is 17.7 Å². The third-order valence-corrected chi connectivity index (χ3v) is 5.09. The molecule has 2 aromatic carbocycles. The summed E-state index contributed by atoms with van der Waals surface area (Å²) in [5, 5.41) is 0. The van der Waals surface area contributed by atoms with Gasteiger partial charge in [-0.05, 0) is 60.7 Å². The molecule has 5 heteroatoms. The zero-order valence-corrected chi connectivity index (χ0v) is 16.0. The highest BCUT2D eigenvalue weighted by Gasteiger charge is 2.24. The second-order valence-electron chi connectivity index (χ2n) is 6.85. The number of amides is 1. The number of carbonyl (C=O) groups excluding carboxylic acids is 2. The largest absolute Gasteiger partial charge is 0.465 e. The molecule has 1 amide bonds. The Balaban J connectivity index is 1.77. The van der Waals surface area contributed by atoms with Crippen molar-refractivity contribution >= 4 is 11.9 Å². The van der Waals surface area contributed by atoms with Crippen molar-refractivity contribution in [1.82, 2.24) is 4.90 Å². The lowest BCUT2D eigenvalue weighted by atomic mass is 9.97. The number of esters is 1. The lowest BCUT2D eigenvalue weighted by Crippen LogP contribution is -2.42. The molecule has 0 radical (unpaired) electrons. The first-order valence-electron chi connectivity index (χ1n) is 9.15. The summed E-state index contributed by atoms with van der Waals surface area (Å²) < 4.78 is 10.2. The molecule has 1 heterocycles. The summed E-state index contributed by atoms with van der Waals surface area (Å²) in [6.07, 6.45) is 2.09. The SMILES string of the molecule is COC(=O)c1ccc(-c2ccc(C(=O)N3CCCC(OC)C3)cc2)c(C)c1. The van der Waals surface area contributed by atoms with Crippen LogP contribution in [0, 0.1) is 6.92 Å². The zero-order chi connectivity index (χ0) is 19.4. The van der Waals surface area contributed by atoms with Crippen molar-refractivity contribution in [3.05, 3.63) is 59.2 Å². The van der Waals surface area contributed by atoms with Gasteiger partial charge in [-0.2, -0.15) is 0 Å². The molecule has 0 aromatic heterocycles. The van der Waals surface area contributed by atoms with Gasteiger partial charge in [0.05, 0.1) is 18.8 Å². The Morgan fingerprint density at radius 3 is 2.37 bits per heavy atom. The average molecular weight is 367 g/mol. The summed E-state index contributed by atoms with van der Waals surface area (Å²) in [6, 6.07) is 13.1. The van der Waals surface area contributed by atoms with E-state index in [1.165, 1.54) is 7.11 Å². The molecule has 1 aliphatic rings. The number of methoxy groups -OCH3 is 2. The maximum Gasteiger partial charge on any atom is 0.337 e. The van der Waals surface area contributed by atoms with Crippen molar-refractivity contribution in [1.29, 1.82) is 0 Å². The molecule has 142 valence electrons. The fourth-order valence-corrected chi connectivity index (χ4v) is 3.52. The molecule has 1 fully saturated rings. The zero-order valence-electron chi connectivity index (χ0n) is 16.0. The van der Waals surface area contributed by atoms with Crippen LogP contribution in [0.2, 0.25) is 0 Å². The number of ether oxygens (including phenoxy) is 2. The molecule has 1 saturated heterocycles. The van der Waals surface area contributed by atoms with Crippen LogP contribution in [0.5, 0.6) is 0 Å². The molecule has 0 spiro atoms. The number of carbonyl (C=O) groups is 2. The molecule has 1 aliphatic heterocycles. The Bertz CT molecular complexity index is 829. The van der Waals surface area contributed by atoms with Gasteiger partial charge < -0.3 is 14.4 Å². The number of hydrogen-bond acceptors (Lipinski definition) is 4. The Hall–Kier alpha value is -2.66. The van der Waals surface area contributed by atoms with Crippen molar-refractivity contribution in [3.63, 3.8) is 0 Å². The summed E-state index contributed by atoms with van der Waals surface area (Å²) in [6.45, 7) is 3.37. The van der Waals surface area contributed by atoms with Crippen molar-refractivity contribution in [2.75, 3.05) is 27.3 Å². The third kappa shape index (κ3) is 4.19. The summed E-state index contributed by atoms with van der Waals surface area (Å²) >= 11 is 0. The van der Waals surface area contributed by atoms with Crippen LogP contribution < -0.4 is 0 Å².